The zero-order valence-electron chi connectivity index (χ0n) is 16.5. The number of hydrogen-bond donors (Lipinski definition) is 3. The van der Waals surface area contributed by atoms with Crippen molar-refractivity contribution in [3.63, 3.8) is 0 Å². The van der Waals surface area contributed by atoms with Gasteiger partial charge < -0.3 is 10.6 Å². The minimum Gasteiger partial charge on any atom is -0.312 e. The molecule has 1 amide bonds. The van der Waals surface area contributed by atoms with E-state index >= 15 is 0 Å². The Labute approximate surface area is 180 Å². The number of rotatable bonds is 3. The molecule has 0 radical (unpaired) electrons. The molecule has 3 aromatic rings. The van der Waals surface area contributed by atoms with Gasteiger partial charge in [0.15, 0.2) is 5.69 Å². The van der Waals surface area contributed by atoms with E-state index in [1.165, 1.54) is 0 Å². The second-order valence-corrected chi connectivity index (χ2v) is 8.40. The van der Waals surface area contributed by atoms with Crippen LogP contribution in [0, 0.1) is 0 Å². The van der Waals surface area contributed by atoms with Gasteiger partial charge in [-0.1, -0.05) is 38.4 Å². The predicted octanol–water partition coefficient (Wildman–Crippen LogP) is 3.87. The van der Waals surface area contributed by atoms with Gasteiger partial charge in [-0.15, -0.1) is 12.4 Å². The summed E-state index contributed by atoms with van der Waals surface area (Å²) in [6.07, 6.45) is 0.838. The van der Waals surface area contributed by atoms with Gasteiger partial charge in [-0.25, -0.2) is 4.68 Å². The maximum Gasteiger partial charge on any atom is 0.277 e. The third-order valence-electron chi connectivity index (χ3n) is 4.79. The average molecular weight is 435 g/mol. The molecule has 2 aromatic heterocycles. The number of nitrogens with one attached hydrogen (secondary N) is 3. The first-order valence-electron chi connectivity index (χ1n) is 9.27. The van der Waals surface area contributed by atoms with Gasteiger partial charge >= 0.3 is 0 Å². The van der Waals surface area contributed by atoms with E-state index in [9.17, 15) is 4.79 Å². The zero-order chi connectivity index (χ0) is 19.9. The van der Waals surface area contributed by atoms with Gasteiger partial charge in [-0.05, 0) is 18.2 Å². The van der Waals surface area contributed by atoms with Crippen molar-refractivity contribution in [2.75, 3.05) is 11.9 Å². The van der Waals surface area contributed by atoms with Gasteiger partial charge in [-0.2, -0.15) is 10.2 Å². The summed E-state index contributed by atoms with van der Waals surface area (Å²) in [5.41, 5.74) is 3.84. The standard InChI is InChI=1S/C20H23ClN6O.ClH/c1-20(2,3)16-10-17(27(26-16)13-6-4-5-12(21)9-13)23-19(28)18-14-11-22-8-7-15(14)24-25-18;/h4-6,9-10,22H,7-8,11H2,1-3H3,(H,23,28)(H,24,25);1H. The quantitative estimate of drug-likeness (QED) is 0.583. The lowest BCUT2D eigenvalue weighted by atomic mass is 9.92. The molecular weight excluding hydrogens is 411 g/mol. The molecule has 7 nitrogen and oxygen atoms in total. The molecule has 1 aliphatic rings. The maximum absolute atomic E-state index is 13.0. The molecule has 0 bridgehead atoms. The monoisotopic (exact) mass is 434 g/mol. The summed E-state index contributed by atoms with van der Waals surface area (Å²) in [7, 11) is 0. The van der Waals surface area contributed by atoms with Crippen LogP contribution in [0.4, 0.5) is 5.82 Å². The number of aromatic amines is 1. The minimum atomic E-state index is -0.259. The summed E-state index contributed by atoms with van der Waals surface area (Å²) < 4.78 is 1.71. The molecule has 1 aromatic carbocycles. The van der Waals surface area contributed by atoms with Crippen LogP contribution >= 0.6 is 24.0 Å². The number of carbonyl (C=O) groups is 1. The molecule has 9 heteroatoms. The maximum atomic E-state index is 13.0. The van der Waals surface area contributed by atoms with Crippen molar-refractivity contribution in [2.45, 2.75) is 39.2 Å². The Bertz CT molecular complexity index is 1030. The van der Waals surface area contributed by atoms with Crippen LogP contribution in [0.25, 0.3) is 5.69 Å². The fourth-order valence-corrected chi connectivity index (χ4v) is 3.41. The van der Waals surface area contributed by atoms with Gasteiger partial charge in [-0.3, -0.25) is 9.89 Å². The molecule has 0 spiro atoms. The Kier molecular flexibility index (Phi) is 6.03. The van der Waals surface area contributed by atoms with E-state index in [1.54, 1.807) is 10.7 Å². The second kappa shape index (κ2) is 8.18. The first-order valence-corrected chi connectivity index (χ1v) is 9.65. The van der Waals surface area contributed by atoms with Crippen molar-refractivity contribution in [1.82, 2.24) is 25.3 Å². The summed E-state index contributed by atoms with van der Waals surface area (Å²) in [5.74, 6) is 0.322. The Balaban J connectivity index is 0.00000240. The van der Waals surface area contributed by atoms with Crippen molar-refractivity contribution in [3.05, 3.63) is 58.0 Å². The van der Waals surface area contributed by atoms with Crippen LogP contribution < -0.4 is 10.6 Å². The fraction of sp³-hybridized carbons (Fsp3) is 0.350. The first-order chi connectivity index (χ1) is 13.3. The third-order valence-corrected chi connectivity index (χ3v) is 5.03. The highest BCUT2D eigenvalue weighted by Crippen LogP contribution is 2.28. The van der Waals surface area contributed by atoms with E-state index < -0.39 is 0 Å². The number of fused-ring (bicyclic) bond motifs is 1. The number of anilines is 1. The molecule has 0 fully saturated rings. The smallest absolute Gasteiger partial charge is 0.277 e. The highest BCUT2D eigenvalue weighted by atomic mass is 35.5. The molecule has 3 heterocycles. The Morgan fingerprint density at radius 3 is 2.79 bits per heavy atom. The largest absolute Gasteiger partial charge is 0.312 e. The molecule has 29 heavy (non-hydrogen) atoms. The Morgan fingerprint density at radius 1 is 1.28 bits per heavy atom. The first kappa shape index (κ1) is 21.4. The van der Waals surface area contributed by atoms with E-state index in [2.05, 4.69) is 41.6 Å². The number of nitrogens with zero attached hydrogens (tertiary/aromatic N) is 3. The van der Waals surface area contributed by atoms with Crippen molar-refractivity contribution < 1.29 is 4.79 Å². The summed E-state index contributed by atoms with van der Waals surface area (Å²) in [5, 5.41) is 18.8. The minimum absolute atomic E-state index is 0. The van der Waals surface area contributed by atoms with E-state index in [0.29, 0.717) is 23.1 Å². The number of halogens is 2. The van der Waals surface area contributed by atoms with Gasteiger partial charge in [0.2, 0.25) is 0 Å². The molecular formula is C20H24Cl2N6O. The number of hydrogen-bond acceptors (Lipinski definition) is 4. The van der Waals surface area contributed by atoms with E-state index in [-0.39, 0.29) is 23.7 Å². The summed E-state index contributed by atoms with van der Waals surface area (Å²) in [6, 6.07) is 9.28. The number of H-pyrrole nitrogens is 1. The van der Waals surface area contributed by atoms with Crippen LogP contribution in [0.2, 0.25) is 5.02 Å². The molecule has 0 saturated carbocycles. The van der Waals surface area contributed by atoms with Gasteiger partial charge in [0.1, 0.15) is 5.82 Å². The van der Waals surface area contributed by atoms with E-state index in [0.717, 1.165) is 35.6 Å². The van der Waals surface area contributed by atoms with Gasteiger partial charge in [0, 0.05) is 47.3 Å². The van der Waals surface area contributed by atoms with Crippen LogP contribution in [0.3, 0.4) is 0 Å². The van der Waals surface area contributed by atoms with E-state index in [4.69, 9.17) is 16.7 Å². The topological polar surface area (TPSA) is 87.6 Å². The number of amides is 1. The predicted molar refractivity (Wildman–Crippen MR) is 116 cm³/mol. The van der Waals surface area contributed by atoms with Crippen molar-refractivity contribution in [3.8, 4) is 5.69 Å². The van der Waals surface area contributed by atoms with Crippen LogP contribution in [0.5, 0.6) is 0 Å². The molecule has 0 saturated heterocycles. The third kappa shape index (κ3) is 4.32. The molecule has 1 aliphatic heterocycles. The molecule has 0 unspecified atom stereocenters. The van der Waals surface area contributed by atoms with Gasteiger partial charge in [0.05, 0.1) is 11.4 Å². The summed E-state index contributed by atoms with van der Waals surface area (Å²) >= 11 is 6.16. The van der Waals surface area contributed by atoms with Crippen LogP contribution in [-0.2, 0) is 18.4 Å². The van der Waals surface area contributed by atoms with Gasteiger partial charge in [0.25, 0.3) is 5.91 Å². The lowest BCUT2D eigenvalue weighted by Crippen LogP contribution is -2.25. The number of aromatic nitrogens is 4. The van der Waals surface area contributed by atoms with Crippen molar-refractivity contribution in [1.29, 1.82) is 0 Å². The summed E-state index contributed by atoms with van der Waals surface area (Å²) in [4.78, 5) is 13.0. The second-order valence-electron chi connectivity index (χ2n) is 7.97. The van der Waals surface area contributed by atoms with Crippen LogP contribution in [0.1, 0.15) is 48.2 Å². The average Bonchev–Trinajstić information content (AvgIpc) is 3.25. The molecule has 4 rings (SSSR count). The van der Waals surface area contributed by atoms with E-state index in [1.807, 2.05) is 24.3 Å². The summed E-state index contributed by atoms with van der Waals surface area (Å²) in [6.45, 7) is 7.76. The van der Waals surface area contributed by atoms with Crippen LogP contribution in [0.15, 0.2) is 30.3 Å². The lowest BCUT2D eigenvalue weighted by molar-refractivity contribution is 0.102. The fourth-order valence-electron chi connectivity index (χ4n) is 3.23. The molecule has 3 N–H and O–H groups in total. The molecule has 154 valence electrons. The number of carbonyl (C=O) groups excluding carboxylic acids is 1. The SMILES string of the molecule is CC(C)(C)c1cc(NC(=O)c2n[nH]c3c2CNCC3)n(-c2cccc(Cl)c2)n1.Cl. The molecule has 0 atom stereocenters. The van der Waals surface area contributed by atoms with Crippen LogP contribution in [-0.4, -0.2) is 32.4 Å². The Hall–Kier alpha value is -2.35. The Morgan fingerprint density at radius 2 is 2.07 bits per heavy atom. The van der Waals surface area contributed by atoms with Crippen molar-refractivity contribution in [2.24, 2.45) is 0 Å². The zero-order valence-corrected chi connectivity index (χ0v) is 18.1. The number of benzene rings is 1. The lowest BCUT2D eigenvalue weighted by Gasteiger charge is -2.14. The van der Waals surface area contributed by atoms with Crippen molar-refractivity contribution >= 4 is 35.7 Å². The highest BCUT2D eigenvalue weighted by molar-refractivity contribution is 6.30. The normalized spacial score (nSPS) is 13.5. The molecule has 0 aliphatic carbocycles. The highest BCUT2D eigenvalue weighted by Gasteiger charge is 2.25.